The fourth-order valence-electron chi connectivity index (χ4n) is 2.70. The number of nitro benzene ring substituents is 1. The van der Waals surface area contributed by atoms with Gasteiger partial charge in [-0.15, -0.1) is 0 Å². The normalized spacial score (nSPS) is 15.6. The van der Waals surface area contributed by atoms with Gasteiger partial charge in [0.1, 0.15) is 6.26 Å². The maximum Gasteiger partial charge on any atom is 0.269 e. The number of non-ortho nitro benzene ring substituents is 1. The van der Waals surface area contributed by atoms with Crippen LogP contribution in [0.3, 0.4) is 0 Å². The highest BCUT2D eigenvalue weighted by molar-refractivity contribution is 5.93. The Morgan fingerprint density at radius 1 is 1.22 bits per heavy atom. The monoisotopic (exact) mass is 315 g/mol. The molecule has 0 bridgehead atoms. The Morgan fingerprint density at radius 2 is 2.00 bits per heavy atom. The molecular formula is C16H17N3O4. The fraction of sp³-hybridized carbons (Fsp3) is 0.312. The van der Waals surface area contributed by atoms with Crippen molar-refractivity contribution in [3.63, 3.8) is 0 Å². The molecular weight excluding hydrogens is 298 g/mol. The largest absolute Gasteiger partial charge is 0.472 e. The van der Waals surface area contributed by atoms with E-state index in [2.05, 4.69) is 4.90 Å². The maximum absolute atomic E-state index is 12.2. The molecule has 7 nitrogen and oxygen atoms in total. The number of carbonyl (C=O) groups excluding carboxylic acids is 1. The molecule has 0 spiro atoms. The van der Waals surface area contributed by atoms with Gasteiger partial charge in [-0.3, -0.25) is 19.8 Å². The van der Waals surface area contributed by atoms with Crippen LogP contribution >= 0.6 is 0 Å². The molecule has 1 amide bonds. The van der Waals surface area contributed by atoms with Gasteiger partial charge in [-0.2, -0.15) is 0 Å². The van der Waals surface area contributed by atoms with Crippen molar-refractivity contribution in [2.24, 2.45) is 0 Å². The molecule has 0 N–H and O–H groups in total. The number of nitrogens with zero attached hydrogens (tertiary/aromatic N) is 3. The van der Waals surface area contributed by atoms with Crippen molar-refractivity contribution in [2.75, 3.05) is 26.2 Å². The van der Waals surface area contributed by atoms with Gasteiger partial charge >= 0.3 is 0 Å². The van der Waals surface area contributed by atoms with Crippen molar-refractivity contribution in [3.8, 4) is 0 Å². The minimum atomic E-state index is -0.384. The van der Waals surface area contributed by atoms with E-state index in [0.29, 0.717) is 25.2 Å². The summed E-state index contributed by atoms with van der Waals surface area (Å²) in [7, 11) is 0. The lowest BCUT2D eigenvalue weighted by molar-refractivity contribution is -0.384. The van der Waals surface area contributed by atoms with Gasteiger partial charge in [0.25, 0.3) is 11.6 Å². The third kappa shape index (κ3) is 3.57. The topological polar surface area (TPSA) is 79.8 Å². The number of carbonyl (C=O) groups is 1. The van der Waals surface area contributed by atoms with Crippen molar-refractivity contribution in [1.29, 1.82) is 0 Å². The second-order valence-electron chi connectivity index (χ2n) is 5.51. The third-order valence-electron chi connectivity index (χ3n) is 3.96. The Kier molecular flexibility index (Phi) is 4.38. The molecule has 1 aromatic carbocycles. The summed E-state index contributed by atoms with van der Waals surface area (Å²) in [5.41, 5.74) is 1.59. The van der Waals surface area contributed by atoms with E-state index < -0.39 is 0 Å². The molecule has 23 heavy (non-hydrogen) atoms. The molecule has 0 unspecified atom stereocenters. The van der Waals surface area contributed by atoms with E-state index in [1.165, 1.54) is 18.6 Å². The Labute approximate surface area is 133 Å². The number of amides is 1. The molecule has 1 aliphatic rings. The van der Waals surface area contributed by atoms with Crippen LogP contribution in [0.1, 0.15) is 15.9 Å². The van der Waals surface area contributed by atoms with Crippen molar-refractivity contribution < 1.29 is 14.1 Å². The highest BCUT2D eigenvalue weighted by atomic mass is 16.6. The average molecular weight is 315 g/mol. The quantitative estimate of drug-likeness (QED) is 0.638. The van der Waals surface area contributed by atoms with E-state index in [-0.39, 0.29) is 16.5 Å². The van der Waals surface area contributed by atoms with Crippen LogP contribution in [0.15, 0.2) is 47.3 Å². The summed E-state index contributed by atoms with van der Waals surface area (Å²) < 4.78 is 4.94. The van der Waals surface area contributed by atoms with Crippen molar-refractivity contribution in [2.45, 2.75) is 6.54 Å². The van der Waals surface area contributed by atoms with E-state index >= 15 is 0 Å². The molecule has 3 rings (SSSR count). The summed E-state index contributed by atoms with van der Waals surface area (Å²) in [5, 5.41) is 10.8. The minimum absolute atomic E-state index is 0.0197. The van der Waals surface area contributed by atoms with Gasteiger partial charge in [0.15, 0.2) is 0 Å². The molecule has 7 heteroatoms. The van der Waals surface area contributed by atoms with Gasteiger partial charge in [0.2, 0.25) is 0 Å². The van der Waals surface area contributed by atoms with Crippen LogP contribution in [0.25, 0.3) is 0 Å². The molecule has 0 radical (unpaired) electrons. The maximum atomic E-state index is 12.2. The van der Waals surface area contributed by atoms with Crippen LogP contribution in [0.2, 0.25) is 0 Å². The highest BCUT2D eigenvalue weighted by Crippen LogP contribution is 2.16. The first-order valence-corrected chi connectivity index (χ1v) is 7.40. The van der Waals surface area contributed by atoms with Crippen LogP contribution in [-0.2, 0) is 6.54 Å². The number of piperazine rings is 1. The van der Waals surface area contributed by atoms with E-state index in [1.807, 2.05) is 6.07 Å². The molecule has 120 valence electrons. The summed E-state index contributed by atoms with van der Waals surface area (Å²) in [6.45, 7) is 3.41. The van der Waals surface area contributed by atoms with Crippen molar-refractivity contribution in [3.05, 3.63) is 64.1 Å². The van der Waals surface area contributed by atoms with Crippen LogP contribution in [0, 0.1) is 10.1 Å². The first-order chi connectivity index (χ1) is 11.1. The number of hydrogen-bond acceptors (Lipinski definition) is 5. The zero-order valence-electron chi connectivity index (χ0n) is 12.6. The Hall–Kier alpha value is -2.67. The van der Waals surface area contributed by atoms with Gasteiger partial charge in [-0.1, -0.05) is 12.1 Å². The van der Waals surface area contributed by atoms with Gasteiger partial charge in [0, 0.05) is 44.9 Å². The first-order valence-electron chi connectivity index (χ1n) is 7.40. The van der Waals surface area contributed by atoms with Gasteiger partial charge < -0.3 is 9.32 Å². The smallest absolute Gasteiger partial charge is 0.269 e. The highest BCUT2D eigenvalue weighted by Gasteiger charge is 2.22. The standard InChI is InChI=1S/C16H17N3O4/c20-16(14-4-9-23-12-14)18-7-5-17(6-8-18)11-13-2-1-3-15(10-13)19(21)22/h1-4,9-10,12H,5-8,11H2. The van der Waals surface area contributed by atoms with Gasteiger partial charge in [-0.05, 0) is 11.6 Å². The predicted octanol–water partition coefficient (Wildman–Crippen LogP) is 2.15. The SMILES string of the molecule is O=C(c1ccoc1)N1CCN(Cc2cccc([N+](=O)[O-])c2)CC1. The molecule has 1 aliphatic heterocycles. The average Bonchev–Trinajstić information content (AvgIpc) is 3.09. The number of benzene rings is 1. The lowest BCUT2D eigenvalue weighted by Gasteiger charge is -2.34. The van der Waals surface area contributed by atoms with Crippen LogP contribution in [0.5, 0.6) is 0 Å². The second kappa shape index (κ2) is 6.62. The van der Waals surface area contributed by atoms with Crippen LogP contribution in [-0.4, -0.2) is 46.8 Å². The summed E-state index contributed by atoms with van der Waals surface area (Å²) in [6, 6.07) is 8.34. The molecule has 1 fully saturated rings. The molecule has 2 aromatic rings. The Bertz CT molecular complexity index is 691. The fourth-order valence-corrected chi connectivity index (χ4v) is 2.70. The van der Waals surface area contributed by atoms with E-state index in [1.54, 1.807) is 23.1 Å². The van der Waals surface area contributed by atoms with E-state index in [0.717, 1.165) is 18.7 Å². The number of rotatable bonds is 4. The zero-order chi connectivity index (χ0) is 16.2. The van der Waals surface area contributed by atoms with Crippen molar-refractivity contribution >= 4 is 11.6 Å². The molecule has 1 aromatic heterocycles. The number of nitro groups is 1. The van der Waals surface area contributed by atoms with E-state index in [4.69, 9.17) is 4.42 Å². The third-order valence-corrected chi connectivity index (χ3v) is 3.96. The summed E-state index contributed by atoms with van der Waals surface area (Å²) in [4.78, 5) is 26.6. The lowest BCUT2D eigenvalue weighted by atomic mass is 10.1. The van der Waals surface area contributed by atoms with E-state index in [9.17, 15) is 14.9 Å². The zero-order valence-corrected chi connectivity index (χ0v) is 12.6. The molecule has 2 heterocycles. The number of hydrogen-bond donors (Lipinski definition) is 0. The number of furan rings is 1. The Morgan fingerprint density at radius 3 is 2.65 bits per heavy atom. The molecule has 1 saturated heterocycles. The summed E-state index contributed by atoms with van der Waals surface area (Å²) >= 11 is 0. The lowest BCUT2D eigenvalue weighted by Crippen LogP contribution is -2.48. The molecule has 0 atom stereocenters. The van der Waals surface area contributed by atoms with Crippen molar-refractivity contribution in [1.82, 2.24) is 9.80 Å². The minimum Gasteiger partial charge on any atom is -0.472 e. The predicted molar refractivity (Wildman–Crippen MR) is 83.0 cm³/mol. The van der Waals surface area contributed by atoms with Gasteiger partial charge in [-0.25, -0.2) is 0 Å². The molecule has 0 saturated carbocycles. The first kappa shape index (κ1) is 15.2. The second-order valence-corrected chi connectivity index (χ2v) is 5.51. The Balaban J connectivity index is 1.56. The molecule has 0 aliphatic carbocycles. The van der Waals surface area contributed by atoms with Crippen LogP contribution in [0.4, 0.5) is 5.69 Å². The van der Waals surface area contributed by atoms with Gasteiger partial charge in [0.05, 0.1) is 16.7 Å². The summed E-state index contributed by atoms with van der Waals surface area (Å²) in [5.74, 6) is -0.0197. The van der Waals surface area contributed by atoms with Crippen LogP contribution < -0.4 is 0 Å². The summed E-state index contributed by atoms with van der Waals surface area (Å²) in [6.07, 6.45) is 2.95.